The van der Waals surface area contributed by atoms with E-state index >= 15 is 0 Å². The summed E-state index contributed by atoms with van der Waals surface area (Å²) >= 11 is 1.41. The third-order valence-corrected chi connectivity index (χ3v) is 4.97. The van der Waals surface area contributed by atoms with Crippen LogP contribution in [0.5, 0.6) is 5.75 Å². The number of amides is 1. The fourth-order valence-electron chi connectivity index (χ4n) is 2.54. The van der Waals surface area contributed by atoms with Gasteiger partial charge in [-0.05, 0) is 49.6 Å². The van der Waals surface area contributed by atoms with Crippen LogP contribution in [0.1, 0.15) is 23.5 Å². The number of nitrogens with zero attached hydrogens (tertiary/aromatic N) is 2. The van der Waals surface area contributed by atoms with E-state index in [0.29, 0.717) is 11.6 Å². The zero-order chi connectivity index (χ0) is 18.4. The van der Waals surface area contributed by atoms with Gasteiger partial charge in [-0.3, -0.25) is 4.79 Å². The molecule has 1 N–H and O–H groups in total. The van der Waals surface area contributed by atoms with Crippen LogP contribution in [0.2, 0.25) is 0 Å². The summed E-state index contributed by atoms with van der Waals surface area (Å²) in [6.45, 7) is 1.92. The number of hydrogen-bond donors (Lipinski definition) is 1. The van der Waals surface area contributed by atoms with Gasteiger partial charge in [0.15, 0.2) is 5.17 Å². The molecule has 0 spiro atoms. The largest absolute Gasteiger partial charge is 0.497 e. The van der Waals surface area contributed by atoms with Crippen LogP contribution in [0.25, 0.3) is 0 Å². The Kier molecular flexibility index (Phi) is 6.12. The molecule has 136 valence electrons. The number of carbonyl (C=O) groups is 1. The highest BCUT2D eigenvalue weighted by molar-refractivity contribution is 8.15. The molecule has 2 aromatic rings. The monoisotopic (exact) mass is 371 g/mol. The second-order valence-electron chi connectivity index (χ2n) is 5.90. The molecule has 1 amide bonds. The van der Waals surface area contributed by atoms with Crippen molar-refractivity contribution in [1.82, 2.24) is 5.32 Å². The molecule has 2 heterocycles. The number of furan rings is 1. The first-order valence-electron chi connectivity index (χ1n) is 8.39. The van der Waals surface area contributed by atoms with Crippen molar-refractivity contribution in [3.8, 4) is 5.75 Å². The van der Waals surface area contributed by atoms with E-state index in [4.69, 9.17) is 9.15 Å². The molecular formula is C19H21N3O3S. The number of nitrogens with one attached hydrogen (secondary N) is 1. The Labute approximate surface area is 156 Å². The van der Waals surface area contributed by atoms with Crippen molar-refractivity contribution in [2.24, 2.45) is 10.2 Å². The van der Waals surface area contributed by atoms with Crippen LogP contribution in [-0.2, 0) is 17.6 Å². The van der Waals surface area contributed by atoms with Crippen LogP contribution in [-0.4, -0.2) is 29.6 Å². The third-order valence-electron chi connectivity index (χ3n) is 3.90. The lowest BCUT2D eigenvalue weighted by atomic mass is 10.1. The fourth-order valence-corrected chi connectivity index (χ4v) is 3.50. The highest BCUT2D eigenvalue weighted by atomic mass is 32.2. The van der Waals surface area contributed by atoms with E-state index in [1.54, 1.807) is 13.3 Å². The van der Waals surface area contributed by atoms with Crippen LogP contribution < -0.4 is 10.1 Å². The smallest absolute Gasteiger partial charge is 0.239 e. The SMILES string of the molecule is COc1ccc(CC2SC(=NN=CCCc3ccc(C)o3)NC2=O)cc1. The minimum Gasteiger partial charge on any atom is -0.497 e. The predicted molar refractivity (Wildman–Crippen MR) is 104 cm³/mol. The van der Waals surface area contributed by atoms with E-state index in [2.05, 4.69) is 15.5 Å². The number of amidine groups is 1. The summed E-state index contributed by atoms with van der Waals surface area (Å²) in [6, 6.07) is 11.6. The molecule has 6 nitrogen and oxygen atoms in total. The molecule has 1 unspecified atom stereocenters. The summed E-state index contributed by atoms with van der Waals surface area (Å²) in [5.74, 6) is 2.61. The summed E-state index contributed by atoms with van der Waals surface area (Å²) < 4.78 is 10.6. The van der Waals surface area contributed by atoms with Crippen molar-refractivity contribution in [2.75, 3.05) is 7.11 Å². The van der Waals surface area contributed by atoms with Gasteiger partial charge in [-0.2, -0.15) is 5.10 Å². The first-order valence-corrected chi connectivity index (χ1v) is 9.27. The van der Waals surface area contributed by atoms with Gasteiger partial charge >= 0.3 is 0 Å². The number of methoxy groups -OCH3 is 1. The first-order chi connectivity index (χ1) is 12.6. The maximum Gasteiger partial charge on any atom is 0.239 e. The van der Waals surface area contributed by atoms with Gasteiger partial charge in [0.25, 0.3) is 0 Å². The number of hydrogen-bond acceptors (Lipinski definition) is 6. The standard InChI is InChI=1S/C19H21N3O3S/c1-13-5-8-16(25-13)4-3-11-20-22-19-21-18(23)17(26-19)12-14-6-9-15(24-2)10-7-14/h5-11,17H,3-4,12H2,1-2H3,(H,21,22,23). The number of ether oxygens (including phenoxy) is 1. The van der Waals surface area contributed by atoms with Crippen LogP contribution in [0, 0.1) is 6.92 Å². The van der Waals surface area contributed by atoms with Gasteiger partial charge in [0, 0.05) is 12.6 Å². The topological polar surface area (TPSA) is 76.2 Å². The van der Waals surface area contributed by atoms with Crippen molar-refractivity contribution in [1.29, 1.82) is 0 Å². The van der Waals surface area contributed by atoms with Gasteiger partial charge in [0.05, 0.1) is 12.4 Å². The fraction of sp³-hybridized carbons (Fsp3) is 0.316. The summed E-state index contributed by atoms with van der Waals surface area (Å²) in [6.07, 6.45) is 3.88. The molecule has 0 bridgehead atoms. The molecule has 0 radical (unpaired) electrons. The highest BCUT2D eigenvalue weighted by Gasteiger charge is 2.30. The second kappa shape index (κ2) is 8.71. The van der Waals surface area contributed by atoms with E-state index in [1.165, 1.54) is 11.8 Å². The molecule has 0 saturated carbocycles. The summed E-state index contributed by atoms with van der Waals surface area (Å²) in [5.41, 5.74) is 1.08. The zero-order valence-corrected chi connectivity index (χ0v) is 15.6. The molecule has 3 rings (SSSR count). The lowest BCUT2D eigenvalue weighted by Gasteiger charge is -2.06. The Morgan fingerprint density at radius 3 is 2.77 bits per heavy atom. The van der Waals surface area contributed by atoms with E-state index < -0.39 is 0 Å². The van der Waals surface area contributed by atoms with Gasteiger partial charge in [0.1, 0.15) is 17.3 Å². The van der Waals surface area contributed by atoms with Crippen LogP contribution in [0.15, 0.2) is 51.0 Å². The molecular weight excluding hydrogens is 350 g/mol. The minimum atomic E-state index is -0.191. The third kappa shape index (κ3) is 4.98. The summed E-state index contributed by atoms with van der Waals surface area (Å²) in [5, 5.41) is 11.3. The minimum absolute atomic E-state index is 0.0363. The van der Waals surface area contributed by atoms with Gasteiger partial charge < -0.3 is 14.5 Å². The highest BCUT2D eigenvalue weighted by Crippen LogP contribution is 2.24. The average molecular weight is 371 g/mol. The Bertz CT molecular complexity index is 812. The lowest BCUT2D eigenvalue weighted by Crippen LogP contribution is -2.25. The van der Waals surface area contributed by atoms with Crippen LogP contribution in [0.3, 0.4) is 0 Å². The van der Waals surface area contributed by atoms with Crippen molar-refractivity contribution in [3.05, 3.63) is 53.5 Å². The molecule has 1 fully saturated rings. The first kappa shape index (κ1) is 18.3. The van der Waals surface area contributed by atoms with E-state index in [1.807, 2.05) is 43.3 Å². The quantitative estimate of drug-likeness (QED) is 0.598. The lowest BCUT2D eigenvalue weighted by molar-refractivity contribution is -0.118. The maximum atomic E-state index is 12.1. The number of rotatable bonds is 7. The second-order valence-corrected chi connectivity index (χ2v) is 7.09. The van der Waals surface area contributed by atoms with Gasteiger partial charge in [-0.1, -0.05) is 23.9 Å². The molecule has 1 atom stereocenters. The van der Waals surface area contributed by atoms with Crippen molar-refractivity contribution in [2.45, 2.75) is 31.4 Å². The van der Waals surface area contributed by atoms with Crippen molar-refractivity contribution in [3.63, 3.8) is 0 Å². The Hall–Kier alpha value is -2.54. The Balaban J connectivity index is 1.48. The van der Waals surface area contributed by atoms with Crippen LogP contribution >= 0.6 is 11.8 Å². The van der Waals surface area contributed by atoms with Crippen molar-refractivity contribution >= 4 is 29.1 Å². The Morgan fingerprint density at radius 2 is 2.08 bits per heavy atom. The van der Waals surface area contributed by atoms with Gasteiger partial charge in [-0.25, -0.2) is 0 Å². The van der Waals surface area contributed by atoms with E-state index in [-0.39, 0.29) is 11.2 Å². The van der Waals surface area contributed by atoms with Gasteiger partial charge in [0.2, 0.25) is 5.91 Å². The van der Waals surface area contributed by atoms with Crippen molar-refractivity contribution < 1.29 is 13.9 Å². The molecule has 1 aromatic heterocycles. The average Bonchev–Trinajstić information content (AvgIpc) is 3.21. The number of benzene rings is 1. The molecule has 1 aromatic carbocycles. The van der Waals surface area contributed by atoms with E-state index in [9.17, 15) is 4.79 Å². The normalized spacial score (nSPS) is 18.6. The summed E-state index contributed by atoms with van der Waals surface area (Å²) in [4.78, 5) is 12.1. The number of aryl methyl sites for hydroxylation is 2. The van der Waals surface area contributed by atoms with Crippen LogP contribution in [0.4, 0.5) is 0 Å². The molecule has 26 heavy (non-hydrogen) atoms. The Morgan fingerprint density at radius 1 is 1.27 bits per heavy atom. The molecule has 1 aliphatic rings. The number of thioether (sulfide) groups is 1. The zero-order valence-electron chi connectivity index (χ0n) is 14.8. The summed E-state index contributed by atoms with van der Waals surface area (Å²) in [7, 11) is 1.63. The molecule has 1 aliphatic heterocycles. The number of carbonyl (C=O) groups excluding carboxylic acids is 1. The molecule has 1 saturated heterocycles. The molecule has 7 heteroatoms. The van der Waals surface area contributed by atoms with E-state index in [0.717, 1.165) is 35.7 Å². The predicted octanol–water partition coefficient (Wildman–Crippen LogP) is 3.35. The maximum absolute atomic E-state index is 12.1. The van der Waals surface area contributed by atoms with Gasteiger partial charge in [-0.15, -0.1) is 5.10 Å². The molecule has 0 aliphatic carbocycles.